The minimum Gasteiger partial charge on any atom is -0.311 e. The Morgan fingerprint density at radius 3 is 2.16 bits per heavy atom. The topological polar surface area (TPSA) is 15.3 Å². The highest BCUT2D eigenvalue weighted by molar-refractivity contribution is 5.24. The van der Waals surface area contributed by atoms with E-state index in [1.807, 2.05) is 0 Å². The Hall–Kier alpha value is -0.860. The molecule has 0 heterocycles. The van der Waals surface area contributed by atoms with Gasteiger partial charge in [0.2, 0.25) is 0 Å². The molecule has 1 N–H and O–H groups in total. The summed E-state index contributed by atoms with van der Waals surface area (Å²) in [5, 5.41) is 3.61. The van der Waals surface area contributed by atoms with E-state index >= 15 is 0 Å². The highest BCUT2D eigenvalue weighted by atomic mass is 15.2. The molecule has 2 heteroatoms. The van der Waals surface area contributed by atoms with Crippen molar-refractivity contribution in [1.82, 2.24) is 10.2 Å². The van der Waals surface area contributed by atoms with Crippen LogP contribution in [0.3, 0.4) is 0 Å². The van der Waals surface area contributed by atoms with Gasteiger partial charge in [-0.2, -0.15) is 0 Å². The third-order valence-electron chi connectivity index (χ3n) is 4.82. The van der Waals surface area contributed by atoms with E-state index in [9.17, 15) is 0 Å². The molecule has 1 unspecified atom stereocenters. The fraction of sp³-hybridized carbons (Fsp3) is 0.647. The van der Waals surface area contributed by atoms with Crippen LogP contribution in [-0.2, 0) is 0 Å². The lowest BCUT2D eigenvalue weighted by atomic mass is 9.82. The van der Waals surface area contributed by atoms with Crippen molar-refractivity contribution >= 4 is 0 Å². The van der Waals surface area contributed by atoms with Crippen molar-refractivity contribution in [3.63, 3.8) is 0 Å². The van der Waals surface area contributed by atoms with E-state index in [0.29, 0.717) is 11.6 Å². The van der Waals surface area contributed by atoms with E-state index in [2.05, 4.69) is 61.4 Å². The van der Waals surface area contributed by atoms with E-state index in [1.54, 1.807) is 0 Å². The predicted octanol–water partition coefficient (Wildman–Crippen LogP) is 3.60. The van der Waals surface area contributed by atoms with Gasteiger partial charge in [-0.25, -0.2) is 0 Å². The van der Waals surface area contributed by atoms with E-state index in [4.69, 9.17) is 0 Å². The van der Waals surface area contributed by atoms with Gasteiger partial charge >= 0.3 is 0 Å². The fourth-order valence-electron chi connectivity index (χ4n) is 4.02. The van der Waals surface area contributed by atoms with Crippen molar-refractivity contribution in [3.05, 3.63) is 35.9 Å². The Morgan fingerprint density at radius 2 is 1.68 bits per heavy atom. The summed E-state index contributed by atoms with van der Waals surface area (Å²) >= 11 is 0. The summed E-state index contributed by atoms with van der Waals surface area (Å²) in [7, 11) is 2.11. The zero-order valence-electron chi connectivity index (χ0n) is 12.7. The molecule has 1 saturated carbocycles. The zero-order chi connectivity index (χ0) is 13.7. The van der Waals surface area contributed by atoms with Crippen molar-refractivity contribution in [2.45, 2.75) is 51.1 Å². The first-order valence-electron chi connectivity index (χ1n) is 7.75. The van der Waals surface area contributed by atoms with E-state index < -0.39 is 0 Å². The minimum absolute atomic E-state index is 0.305. The SMILES string of the molecule is CCN(CC)C1(C(NC)c2ccccc2)CCCC1. The van der Waals surface area contributed by atoms with Crippen LogP contribution in [0.25, 0.3) is 0 Å². The number of hydrogen-bond donors (Lipinski definition) is 1. The lowest BCUT2D eigenvalue weighted by molar-refractivity contribution is 0.0655. The van der Waals surface area contributed by atoms with Crippen molar-refractivity contribution in [2.24, 2.45) is 0 Å². The van der Waals surface area contributed by atoms with Gasteiger partial charge in [-0.15, -0.1) is 0 Å². The molecule has 0 aromatic heterocycles. The van der Waals surface area contributed by atoms with Crippen LogP contribution in [0.1, 0.15) is 51.1 Å². The Balaban J connectivity index is 2.36. The van der Waals surface area contributed by atoms with Crippen LogP contribution in [-0.4, -0.2) is 30.6 Å². The Kier molecular flexibility index (Phi) is 5.00. The summed E-state index contributed by atoms with van der Waals surface area (Å²) in [6.07, 6.45) is 5.35. The number of nitrogens with zero attached hydrogens (tertiary/aromatic N) is 1. The summed E-state index contributed by atoms with van der Waals surface area (Å²) < 4.78 is 0. The molecule has 1 aliphatic carbocycles. The van der Waals surface area contributed by atoms with Gasteiger partial charge in [-0.1, -0.05) is 57.0 Å². The molecule has 1 aromatic carbocycles. The van der Waals surface area contributed by atoms with Gasteiger partial charge in [-0.05, 0) is 38.5 Å². The molecule has 0 spiro atoms. The number of hydrogen-bond acceptors (Lipinski definition) is 2. The summed E-state index contributed by atoms with van der Waals surface area (Å²) in [6, 6.07) is 11.4. The van der Waals surface area contributed by atoms with Gasteiger partial charge in [0.25, 0.3) is 0 Å². The van der Waals surface area contributed by atoms with Gasteiger partial charge in [0, 0.05) is 5.54 Å². The third-order valence-corrected chi connectivity index (χ3v) is 4.82. The summed E-state index contributed by atoms with van der Waals surface area (Å²) in [4.78, 5) is 2.67. The number of likely N-dealkylation sites (N-methyl/N-ethyl adjacent to an activating group) is 2. The molecule has 0 saturated heterocycles. The molecule has 0 radical (unpaired) electrons. The monoisotopic (exact) mass is 260 g/mol. The van der Waals surface area contributed by atoms with Gasteiger partial charge in [0.1, 0.15) is 0 Å². The molecule has 2 nitrogen and oxygen atoms in total. The van der Waals surface area contributed by atoms with E-state index in [1.165, 1.54) is 31.2 Å². The predicted molar refractivity (Wildman–Crippen MR) is 82.4 cm³/mol. The number of nitrogens with one attached hydrogen (secondary N) is 1. The van der Waals surface area contributed by atoms with Crippen LogP contribution in [0.4, 0.5) is 0 Å². The van der Waals surface area contributed by atoms with E-state index in [-0.39, 0.29) is 0 Å². The van der Waals surface area contributed by atoms with Gasteiger partial charge < -0.3 is 5.32 Å². The number of rotatable bonds is 6. The summed E-state index contributed by atoms with van der Waals surface area (Å²) in [5.74, 6) is 0. The molecule has 1 aliphatic rings. The number of benzene rings is 1. The lowest BCUT2D eigenvalue weighted by Crippen LogP contribution is -2.54. The summed E-state index contributed by atoms with van der Waals surface area (Å²) in [6.45, 7) is 6.87. The van der Waals surface area contributed by atoms with Gasteiger partial charge in [-0.3, -0.25) is 4.90 Å². The van der Waals surface area contributed by atoms with Crippen LogP contribution in [0, 0.1) is 0 Å². The smallest absolute Gasteiger partial charge is 0.0504 e. The third kappa shape index (κ3) is 2.70. The standard InChI is InChI=1S/C17H28N2/c1-4-19(5-2)17(13-9-10-14-17)16(18-3)15-11-7-6-8-12-15/h6-8,11-12,16,18H,4-5,9-10,13-14H2,1-3H3. The highest BCUT2D eigenvalue weighted by Crippen LogP contribution is 2.44. The molecule has 1 fully saturated rings. The van der Waals surface area contributed by atoms with E-state index in [0.717, 1.165) is 13.1 Å². The Morgan fingerprint density at radius 1 is 1.11 bits per heavy atom. The normalized spacial score (nSPS) is 19.8. The maximum atomic E-state index is 3.61. The quantitative estimate of drug-likeness (QED) is 0.840. The average Bonchev–Trinajstić information content (AvgIpc) is 2.92. The molecule has 0 aliphatic heterocycles. The maximum Gasteiger partial charge on any atom is 0.0504 e. The molecule has 2 rings (SSSR count). The molecular weight excluding hydrogens is 232 g/mol. The van der Waals surface area contributed by atoms with Crippen molar-refractivity contribution in [3.8, 4) is 0 Å². The highest BCUT2D eigenvalue weighted by Gasteiger charge is 2.44. The molecule has 1 aromatic rings. The average molecular weight is 260 g/mol. The lowest BCUT2D eigenvalue weighted by Gasteiger charge is -2.46. The largest absolute Gasteiger partial charge is 0.311 e. The molecule has 0 bridgehead atoms. The van der Waals surface area contributed by atoms with Crippen molar-refractivity contribution < 1.29 is 0 Å². The van der Waals surface area contributed by atoms with Crippen molar-refractivity contribution in [2.75, 3.05) is 20.1 Å². The first-order valence-corrected chi connectivity index (χ1v) is 7.75. The minimum atomic E-state index is 0.305. The van der Waals surface area contributed by atoms with Crippen LogP contribution >= 0.6 is 0 Å². The summed E-state index contributed by atoms with van der Waals surface area (Å²) in [5.41, 5.74) is 1.73. The van der Waals surface area contributed by atoms with Gasteiger partial charge in [0.15, 0.2) is 0 Å². The van der Waals surface area contributed by atoms with Crippen molar-refractivity contribution in [1.29, 1.82) is 0 Å². The van der Waals surface area contributed by atoms with Crippen LogP contribution < -0.4 is 5.32 Å². The van der Waals surface area contributed by atoms with Crippen LogP contribution in [0.2, 0.25) is 0 Å². The molecular formula is C17H28N2. The Bertz CT molecular complexity index is 364. The second-order valence-electron chi connectivity index (χ2n) is 5.62. The maximum absolute atomic E-state index is 3.61. The molecule has 19 heavy (non-hydrogen) atoms. The Labute approximate surface area is 118 Å². The molecule has 1 atom stereocenters. The second kappa shape index (κ2) is 6.53. The molecule has 0 amide bonds. The van der Waals surface area contributed by atoms with Crippen LogP contribution in [0.5, 0.6) is 0 Å². The fourth-order valence-corrected chi connectivity index (χ4v) is 4.02. The second-order valence-corrected chi connectivity index (χ2v) is 5.62. The van der Waals surface area contributed by atoms with Gasteiger partial charge in [0.05, 0.1) is 6.04 Å². The van der Waals surface area contributed by atoms with Crippen LogP contribution in [0.15, 0.2) is 30.3 Å². The zero-order valence-corrected chi connectivity index (χ0v) is 12.7. The first-order chi connectivity index (χ1) is 9.28. The first kappa shape index (κ1) is 14.5. The molecule has 106 valence electrons.